The number of para-hydroxylation sites is 1. The SMILES string of the molecule is COc1ccccc1C1CC(=O)N(N(C)C)C2=C1C(=O)CCC2. The third-order valence-corrected chi connectivity index (χ3v) is 4.56. The van der Waals surface area contributed by atoms with Gasteiger partial charge in [-0.15, -0.1) is 0 Å². The van der Waals surface area contributed by atoms with E-state index in [1.54, 1.807) is 17.1 Å². The molecule has 0 saturated heterocycles. The highest BCUT2D eigenvalue weighted by Gasteiger charge is 2.40. The van der Waals surface area contributed by atoms with Crippen molar-refractivity contribution < 1.29 is 14.3 Å². The number of benzene rings is 1. The van der Waals surface area contributed by atoms with Crippen molar-refractivity contribution in [2.45, 2.75) is 31.6 Å². The number of carbonyl (C=O) groups is 2. The summed E-state index contributed by atoms with van der Waals surface area (Å²) in [7, 11) is 5.30. The lowest BCUT2D eigenvalue weighted by Gasteiger charge is -2.41. The lowest BCUT2D eigenvalue weighted by atomic mass is 9.77. The quantitative estimate of drug-likeness (QED) is 0.860. The van der Waals surface area contributed by atoms with Gasteiger partial charge in [0, 0.05) is 49.7 Å². The molecule has 1 amide bonds. The van der Waals surface area contributed by atoms with Crippen LogP contribution in [0.3, 0.4) is 0 Å². The molecule has 1 heterocycles. The van der Waals surface area contributed by atoms with Crippen LogP contribution in [0.2, 0.25) is 0 Å². The molecule has 1 unspecified atom stereocenters. The van der Waals surface area contributed by atoms with Gasteiger partial charge >= 0.3 is 0 Å². The average molecular weight is 314 g/mol. The zero-order valence-corrected chi connectivity index (χ0v) is 13.8. The minimum absolute atomic E-state index is 0.0272. The Balaban J connectivity index is 2.16. The lowest BCUT2D eigenvalue weighted by molar-refractivity contribution is -0.143. The van der Waals surface area contributed by atoms with Gasteiger partial charge in [0.25, 0.3) is 0 Å². The van der Waals surface area contributed by atoms with Crippen LogP contribution in [-0.4, -0.2) is 42.9 Å². The van der Waals surface area contributed by atoms with Crippen LogP contribution in [0, 0.1) is 0 Å². The summed E-state index contributed by atoms with van der Waals surface area (Å²) in [6.07, 6.45) is 2.41. The Bertz CT molecular complexity index is 679. The number of allylic oxidation sites excluding steroid dienone is 2. The first kappa shape index (κ1) is 15.7. The number of Topliss-reactive ketones (excluding diaryl/α,β-unsaturated/α-hetero) is 1. The van der Waals surface area contributed by atoms with E-state index in [0.717, 1.165) is 35.4 Å². The number of amides is 1. The Morgan fingerprint density at radius 1 is 1.17 bits per heavy atom. The van der Waals surface area contributed by atoms with Crippen molar-refractivity contribution in [3.63, 3.8) is 0 Å². The molecule has 0 aromatic heterocycles. The molecule has 1 aliphatic heterocycles. The van der Waals surface area contributed by atoms with Gasteiger partial charge in [-0.05, 0) is 18.9 Å². The van der Waals surface area contributed by atoms with Crippen LogP contribution in [0.5, 0.6) is 5.75 Å². The van der Waals surface area contributed by atoms with E-state index in [1.165, 1.54) is 0 Å². The third-order valence-electron chi connectivity index (χ3n) is 4.56. The highest BCUT2D eigenvalue weighted by molar-refractivity contribution is 6.01. The molecular formula is C18H22N2O3. The van der Waals surface area contributed by atoms with Crippen molar-refractivity contribution in [3.8, 4) is 5.75 Å². The fourth-order valence-electron chi connectivity index (χ4n) is 3.66. The minimum Gasteiger partial charge on any atom is -0.496 e. The molecule has 0 spiro atoms. The molecule has 3 rings (SSSR count). The molecule has 1 atom stereocenters. The normalized spacial score (nSPS) is 21.7. The predicted molar refractivity (Wildman–Crippen MR) is 86.8 cm³/mol. The van der Waals surface area contributed by atoms with E-state index < -0.39 is 0 Å². The molecule has 0 N–H and O–H groups in total. The summed E-state index contributed by atoms with van der Waals surface area (Å²) in [6, 6.07) is 7.66. The van der Waals surface area contributed by atoms with Gasteiger partial charge in [-0.1, -0.05) is 18.2 Å². The Morgan fingerprint density at radius 3 is 2.61 bits per heavy atom. The molecule has 5 heteroatoms. The van der Waals surface area contributed by atoms with E-state index in [-0.39, 0.29) is 17.6 Å². The van der Waals surface area contributed by atoms with E-state index >= 15 is 0 Å². The maximum Gasteiger partial charge on any atom is 0.242 e. The van der Waals surface area contributed by atoms with Gasteiger partial charge in [-0.3, -0.25) is 9.59 Å². The van der Waals surface area contributed by atoms with Gasteiger partial charge in [0.05, 0.1) is 7.11 Å². The monoisotopic (exact) mass is 314 g/mol. The molecule has 122 valence electrons. The van der Waals surface area contributed by atoms with Crippen LogP contribution in [-0.2, 0) is 9.59 Å². The van der Waals surface area contributed by atoms with E-state index in [1.807, 2.05) is 38.4 Å². The lowest BCUT2D eigenvalue weighted by Crippen LogP contribution is -2.47. The summed E-state index contributed by atoms with van der Waals surface area (Å²) in [5.74, 6) is 0.701. The Morgan fingerprint density at radius 2 is 1.91 bits per heavy atom. The van der Waals surface area contributed by atoms with Gasteiger partial charge in [-0.25, -0.2) is 10.0 Å². The van der Waals surface area contributed by atoms with E-state index in [0.29, 0.717) is 12.8 Å². The molecule has 5 nitrogen and oxygen atoms in total. The van der Waals surface area contributed by atoms with Crippen LogP contribution in [0.25, 0.3) is 0 Å². The summed E-state index contributed by atoms with van der Waals surface area (Å²) in [5.41, 5.74) is 2.57. The summed E-state index contributed by atoms with van der Waals surface area (Å²) in [6.45, 7) is 0. The molecular weight excluding hydrogens is 292 g/mol. The van der Waals surface area contributed by atoms with Crippen LogP contribution < -0.4 is 4.74 Å². The van der Waals surface area contributed by atoms with E-state index in [9.17, 15) is 9.59 Å². The molecule has 1 aromatic rings. The van der Waals surface area contributed by atoms with Gasteiger partial charge < -0.3 is 4.74 Å². The standard InChI is InChI=1S/C18H22N2O3/c1-19(2)20-14-8-6-9-15(21)18(14)13(11-17(20)22)12-7-4-5-10-16(12)23-3/h4-5,7,10,13H,6,8-9,11H2,1-3H3. The molecule has 0 bridgehead atoms. The molecule has 0 fully saturated rings. The second-order valence-corrected chi connectivity index (χ2v) is 6.19. The molecule has 0 saturated carbocycles. The number of rotatable bonds is 3. The number of methoxy groups -OCH3 is 1. The second kappa shape index (κ2) is 6.16. The van der Waals surface area contributed by atoms with Gasteiger partial charge in [-0.2, -0.15) is 0 Å². The number of nitrogens with zero attached hydrogens (tertiary/aromatic N) is 2. The third kappa shape index (κ3) is 2.65. The highest BCUT2D eigenvalue weighted by atomic mass is 16.5. The fraction of sp³-hybridized carbons (Fsp3) is 0.444. The van der Waals surface area contributed by atoms with Crippen molar-refractivity contribution >= 4 is 11.7 Å². The zero-order chi connectivity index (χ0) is 16.6. The maximum atomic E-state index is 12.7. The number of ketones is 1. The number of ether oxygens (including phenoxy) is 1. The van der Waals surface area contributed by atoms with Crippen molar-refractivity contribution in [2.24, 2.45) is 0 Å². The Labute approximate surface area is 136 Å². The number of hydrogen-bond acceptors (Lipinski definition) is 4. The van der Waals surface area contributed by atoms with Gasteiger partial charge in [0.2, 0.25) is 5.91 Å². The zero-order valence-electron chi connectivity index (χ0n) is 13.8. The molecule has 2 aliphatic rings. The summed E-state index contributed by atoms with van der Waals surface area (Å²) in [4.78, 5) is 25.3. The first-order valence-corrected chi connectivity index (χ1v) is 7.94. The summed E-state index contributed by atoms with van der Waals surface area (Å²) >= 11 is 0. The highest BCUT2D eigenvalue weighted by Crippen LogP contribution is 2.44. The van der Waals surface area contributed by atoms with Crippen molar-refractivity contribution in [3.05, 3.63) is 41.1 Å². The molecule has 23 heavy (non-hydrogen) atoms. The topological polar surface area (TPSA) is 49.9 Å². The molecule has 0 radical (unpaired) electrons. The van der Waals surface area contributed by atoms with Crippen molar-refractivity contribution in [1.82, 2.24) is 10.0 Å². The summed E-state index contributed by atoms with van der Waals surface area (Å²) < 4.78 is 5.45. The predicted octanol–water partition coefficient (Wildman–Crippen LogP) is 2.49. The Hall–Kier alpha value is -2.14. The van der Waals surface area contributed by atoms with E-state index in [4.69, 9.17) is 4.74 Å². The van der Waals surface area contributed by atoms with Crippen molar-refractivity contribution in [2.75, 3.05) is 21.2 Å². The molecule has 1 aliphatic carbocycles. The molecule has 1 aromatic carbocycles. The Kier molecular flexibility index (Phi) is 4.22. The first-order valence-electron chi connectivity index (χ1n) is 7.94. The first-order chi connectivity index (χ1) is 11.0. The average Bonchev–Trinajstić information content (AvgIpc) is 2.53. The van der Waals surface area contributed by atoms with Gasteiger partial charge in [0.15, 0.2) is 5.78 Å². The maximum absolute atomic E-state index is 12.7. The largest absolute Gasteiger partial charge is 0.496 e. The fourth-order valence-corrected chi connectivity index (χ4v) is 3.66. The number of carbonyl (C=O) groups excluding carboxylic acids is 2. The van der Waals surface area contributed by atoms with Crippen molar-refractivity contribution in [1.29, 1.82) is 0 Å². The van der Waals surface area contributed by atoms with Crippen LogP contribution >= 0.6 is 0 Å². The minimum atomic E-state index is -0.211. The van der Waals surface area contributed by atoms with Crippen LogP contribution in [0.15, 0.2) is 35.5 Å². The smallest absolute Gasteiger partial charge is 0.242 e. The van der Waals surface area contributed by atoms with E-state index in [2.05, 4.69) is 0 Å². The van der Waals surface area contributed by atoms with Crippen LogP contribution in [0.1, 0.15) is 37.2 Å². The second-order valence-electron chi connectivity index (χ2n) is 6.19. The number of hydrazine groups is 1. The van der Waals surface area contributed by atoms with Crippen LogP contribution in [0.4, 0.5) is 0 Å². The summed E-state index contributed by atoms with van der Waals surface area (Å²) in [5, 5.41) is 3.44. The van der Waals surface area contributed by atoms with Gasteiger partial charge in [0.1, 0.15) is 5.75 Å². The number of hydrogen-bond donors (Lipinski definition) is 0.